The zero-order valence-corrected chi connectivity index (χ0v) is 12.1. The van der Waals surface area contributed by atoms with Gasteiger partial charge in [-0.05, 0) is 24.7 Å². The molecular formula is C14H26N2O2. The van der Waals surface area contributed by atoms with Crippen LogP contribution in [0, 0.1) is 11.8 Å². The fourth-order valence-corrected chi connectivity index (χ4v) is 2.99. The van der Waals surface area contributed by atoms with Crippen molar-refractivity contribution in [2.24, 2.45) is 11.8 Å². The SMILES string of the molecule is COC1CC(N2C(=O)C(C(C)C)NC2C(C)C)C1. The highest BCUT2D eigenvalue weighted by molar-refractivity contribution is 5.85. The Hall–Kier alpha value is -0.610. The van der Waals surface area contributed by atoms with Crippen LogP contribution in [0.25, 0.3) is 0 Å². The highest BCUT2D eigenvalue weighted by Crippen LogP contribution is 2.34. The van der Waals surface area contributed by atoms with Crippen LogP contribution in [0.4, 0.5) is 0 Å². The Kier molecular flexibility index (Phi) is 3.97. The number of ether oxygens (including phenoxy) is 1. The minimum atomic E-state index is -0.0148. The van der Waals surface area contributed by atoms with Gasteiger partial charge in [-0.2, -0.15) is 0 Å². The van der Waals surface area contributed by atoms with Crippen molar-refractivity contribution in [2.75, 3.05) is 7.11 Å². The standard InChI is InChI=1S/C14H26N2O2/c1-8(2)12-14(17)16(13(15-12)9(3)4)10-6-11(7-10)18-5/h8-13,15H,6-7H2,1-5H3. The maximum Gasteiger partial charge on any atom is 0.241 e. The average molecular weight is 254 g/mol. The Bertz CT molecular complexity index is 311. The molecule has 1 amide bonds. The van der Waals surface area contributed by atoms with Crippen LogP contribution in [0.5, 0.6) is 0 Å². The lowest BCUT2D eigenvalue weighted by Gasteiger charge is -2.43. The lowest BCUT2D eigenvalue weighted by molar-refractivity contribution is -0.139. The molecule has 0 aromatic carbocycles. The largest absolute Gasteiger partial charge is 0.381 e. The lowest BCUT2D eigenvalue weighted by Crippen LogP contribution is -2.54. The summed E-state index contributed by atoms with van der Waals surface area (Å²) in [7, 11) is 1.75. The molecule has 0 radical (unpaired) electrons. The highest BCUT2D eigenvalue weighted by atomic mass is 16.5. The van der Waals surface area contributed by atoms with E-state index in [-0.39, 0.29) is 18.1 Å². The predicted molar refractivity (Wildman–Crippen MR) is 71.1 cm³/mol. The molecule has 0 bridgehead atoms. The van der Waals surface area contributed by atoms with Gasteiger partial charge in [0.15, 0.2) is 0 Å². The van der Waals surface area contributed by atoms with E-state index < -0.39 is 0 Å². The maximum absolute atomic E-state index is 12.5. The van der Waals surface area contributed by atoms with Gasteiger partial charge in [0.05, 0.1) is 18.3 Å². The fourth-order valence-electron chi connectivity index (χ4n) is 2.99. The Morgan fingerprint density at radius 2 is 1.83 bits per heavy atom. The number of nitrogens with zero attached hydrogens (tertiary/aromatic N) is 1. The zero-order chi connectivity index (χ0) is 13.4. The number of carbonyl (C=O) groups excluding carboxylic acids is 1. The van der Waals surface area contributed by atoms with E-state index in [0.717, 1.165) is 12.8 Å². The van der Waals surface area contributed by atoms with Gasteiger partial charge in [-0.25, -0.2) is 0 Å². The molecule has 1 saturated carbocycles. The van der Waals surface area contributed by atoms with Crippen LogP contribution in [0.2, 0.25) is 0 Å². The van der Waals surface area contributed by atoms with Crippen LogP contribution < -0.4 is 5.32 Å². The molecule has 2 fully saturated rings. The van der Waals surface area contributed by atoms with Gasteiger partial charge < -0.3 is 9.64 Å². The minimum absolute atomic E-state index is 0.0148. The molecule has 104 valence electrons. The summed E-state index contributed by atoms with van der Waals surface area (Å²) in [5, 5.41) is 3.51. The van der Waals surface area contributed by atoms with Crippen molar-refractivity contribution in [3.8, 4) is 0 Å². The predicted octanol–water partition coefficient (Wildman–Crippen LogP) is 1.60. The van der Waals surface area contributed by atoms with Crippen LogP contribution in [0.3, 0.4) is 0 Å². The molecule has 1 aliphatic carbocycles. The van der Waals surface area contributed by atoms with E-state index in [4.69, 9.17) is 4.74 Å². The normalized spacial score (nSPS) is 36.6. The summed E-state index contributed by atoms with van der Waals surface area (Å²) >= 11 is 0. The second-order valence-corrected chi connectivity index (χ2v) is 6.31. The monoisotopic (exact) mass is 254 g/mol. The van der Waals surface area contributed by atoms with Crippen LogP contribution in [-0.2, 0) is 9.53 Å². The number of hydrogen-bond donors (Lipinski definition) is 1. The number of amides is 1. The third kappa shape index (κ3) is 2.28. The molecule has 0 spiro atoms. The molecule has 0 aromatic heterocycles. The van der Waals surface area contributed by atoms with Crippen molar-refractivity contribution in [2.45, 2.75) is 64.9 Å². The van der Waals surface area contributed by atoms with Crippen molar-refractivity contribution < 1.29 is 9.53 Å². The maximum atomic E-state index is 12.5. The minimum Gasteiger partial charge on any atom is -0.381 e. The first-order valence-electron chi connectivity index (χ1n) is 7.06. The van der Waals surface area contributed by atoms with E-state index in [0.29, 0.717) is 24.0 Å². The third-order valence-electron chi connectivity index (χ3n) is 4.27. The number of nitrogens with one attached hydrogen (secondary N) is 1. The molecule has 0 aromatic rings. The van der Waals surface area contributed by atoms with Crippen molar-refractivity contribution in [1.82, 2.24) is 10.2 Å². The Labute approximate surface area is 110 Å². The number of methoxy groups -OCH3 is 1. The second kappa shape index (κ2) is 5.17. The molecule has 2 unspecified atom stereocenters. The summed E-state index contributed by atoms with van der Waals surface area (Å²) in [5.41, 5.74) is 0. The van der Waals surface area contributed by atoms with Crippen LogP contribution >= 0.6 is 0 Å². The topological polar surface area (TPSA) is 41.6 Å². The van der Waals surface area contributed by atoms with Crippen molar-refractivity contribution in [1.29, 1.82) is 0 Å². The van der Waals surface area contributed by atoms with Gasteiger partial charge in [-0.15, -0.1) is 0 Å². The van der Waals surface area contributed by atoms with Crippen molar-refractivity contribution in [3.63, 3.8) is 0 Å². The van der Waals surface area contributed by atoms with E-state index in [2.05, 4.69) is 37.9 Å². The van der Waals surface area contributed by atoms with E-state index in [1.165, 1.54) is 0 Å². The molecule has 4 heteroatoms. The quantitative estimate of drug-likeness (QED) is 0.828. The van der Waals surface area contributed by atoms with Gasteiger partial charge in [0.1, 0.15) is 0 Å². The van der Waals surface area contributed by atoms with Crippen LogP contribution in [0.15, 0.2) is 0 Å². The Morgan fingerprint density at radius 3 is 2.28 bits per heavy atom. The van der Waals surface area contributed by atoms with Gasteiger partial charge in [0.25, 0.3) is 0 Å². The average Bonchev–Trinajstić information content (AvgIpc) is 2.56. The first-order valence-corrected chi connectivity index (χ1v) is 7.06. The van der Waals surface area contributed by atoms with Crippen LogP contribution in [-0.4, -0.2) is 42.3 Å². The summed E-state index contributed by atoms with van der Waals surface area (Å²) in [5.74, 6) is 1.07. The second-order valence-electron chi connectivity index (χ2n) is 6.31. The first-order chi connectivity index (χ1) is 8.45. The Balaban J connectivity index is 2.08. The van der Waals surface area contributed by atoms with Gasteiger partial charge in [-0.3, -0.25) is 10.1 Å². The fraction of sp³-hybridized carbons (Fsp3) is 0.929. The third-order valence-corrected chi connectivity index (χ3v) is 4.27. The Morgan fingerprint density at radius 1 is 1.22 bits per heavy atom. The van der Waals surface area contributed by atoms with Crippen molar-refractivity contribution in [3.05, 3.63) is 0 Å². The number of carbonyl (C=O) groups is 1. The summed E-state index contributed by atoms with van der Waals surface area (Å²) in [4.78, 5) is 14.6. The molecule has 18 heavy (non-hydrogen) atoms. The smallest absolute Gasteiger partial charge is 0.241 e. The molecule has 2 aliphatic rings. The summed E-state index contributed by atoms with van der Waals surface area (Å²) in [6.07, 6.45) is 2.50. The first kappa shape index (κ1) is 13.8. The zero-order valence-electron chi connectivity index (χ0n) is 12.1. The molecule has 2 rings (SSSR count). The molecule has 1 N–H and O–H groups in total. The summed E-state index contributed by atoms with van der Waals surface area (Å²) < 4.78 is 5.32. The molecule has 1 heterocycles. The number of rotatable bonds is 4. The van der Waals surface area contributed by atoms with E-state index in [1.54, 1.807) is 7.11 Å². The van der Waals surface area contributed by atoms with Crippen molar-refractivity contribution >= 4 is 5.91 Å². The molecule has 4 nitrogen and oxygen atoms in total. The lowest BCUT2D eigenvalue weighted by atomic mass is 9.86. The highest BCUT2D eigenvalue weighted by Gasteiger charge is 2.48. The number of hydrogen-bond acceptors (Lipinski definition) is 3. The van der Waals surface area contributed by atoms with Crippen LogP contribution in [0.1, 0.15) is 40.5 Å². The summed E-state index contributed by atoms with van der Waals surface area (Å²) in [6, 6.07) is 0.352. The van der Waals surface area contributed by atoms with E-state index in [1.807, 2.05) is 0 Å². The van der Waals surface area contributed by atoms with Gasteiger partial charge >= 0.3 is 0 Å². The molecule has 1 saturated heterocycles. The molecular weight excluding hydrogens is 228 g/mol. The van der Waals surface area contributed by atoms with Gasteiger partial charge in [0.2, 0.25) is 5.91 Å². The molecule has 1 aliphatic heterocycles. The van der Waals surface area contributed by atoms with Gasteiger partial charge in [-0.1, -0.05) is 27.7 Å². The molecule has 2 atom stereocenters. The van der Waals surface area contributed by atoms with E-state index >= 15 is 0 Å². The van der Waals surface area contributed by atoms with E-state index in [9.17, 15) is 4.79 Å². The van der Waals surface area contributed by atoms with Gasteiger partial charge in [0, 0.05) is 13.2 Å². The summed E-state index contributed by atoms with van der Waals surface area (Å²) in [6.45, 7) is 8.56.